The molecule has 3 heterocycles. The van der Waals surface area contributed by atoms with Crippen molar-refractivity contribution in [3.8, 4) is 11.3 Å². The fraction of sp³-hybridized carbons (Fsp3) is 0.227. The summed E-state index contributed by atoms with van der Waals surface area (Å²) in [7, 11) is 0. The molecule has 0 spiro atoms. The number of nitrogens with one attached hydrogen (secondary N) is 1. The Morgan fingerprint density at radius 1 is 1.20 bits per heavy atom. The number of aryl methyl sites for hydroxylation is 1. The van der Waals surface area contributed by atoms with Crippen LogP contribution in [0.25, 0.3) is 22.4 Å². The summed E-state index contributed by atoms with van der Waals surface area (Å²) in [6.45, 7) is 2.79. The maximum Gasteiger partial charge on any atom is 0.296 e. The zero-order valence-electron chi connectivity index (χ0n) is 16.3. The highest BCUT2D eigenvalue weighted by Gasteiger charge is 2.32. The van der Waals surface area contributed by atoms with Crippen molar-refractivity contribution in [2.75, 3.05) is 18.4 Å². The molecule has 1 atom stereocenters. The van der Waals surface area contributed by atoms with E-state index in [1.807, 2.05) is 30.3 Å². The van der Waals surface area contributed by atoms with Gasteiger partial charge in [-0.15, -0.1) is 0 Å². The predicted octanol–water partition coefficient (Wildman–Crippen LogP) is 4.26. The van der Waals surface area contributed by atoms with Crippen LogP contribution in [0.2, 0.25) is 0 Å². The Balaban J connectivity index is 1.33. The van der Waals surface area contributed by atoms with E-state index in [4.69, 9.17) is 8.94 Å². The van der Waals surface area contributed by atoms with E-state index in [9.17, 15) is 9.18 Å². The van der Waals surface area contributed by atoms with Gasteiger partial charge in [0.25, 0.3) is 11.9 Å². The monoisotopic (exact) mass is 406 g/mol. The fourth-order valence-electron chi connectivity index (χ4n) is 3.79. The SMILES string of the molecule is Cc1onc(-c2ccccc2)c1C(=O)N1CC[C@@H](Nc2nc3cccc(F)c3o2)C1. The second kappa shape index (κ2) is 7.29. The van der Waals surface area contributed by atoms with E-state index in [1.54, 1.807) is 24.0 Å². The molecular formula is C22H19FN4O3. The van der Waals surface area contributed by atoms with Crippen LogP contribution in [0.1, 0.15) is 22.5 Å². The molecule has 2 aromatic heterocycles. The van der Waals surface area contributed by atoms with E-state index in [0.29, 0.717) is 35.6 Å². The molecule has 7 nitrogen and oxygen atoms in total. The van der Waals surface area contributed by atoms with Crippen molar-refractivity contribution < 1.29 is 18.1 Å². The zero-order chi connectivity index (χ0) is 20.7. The normalized spacial score (nSPS) is 16.3. The lowest BCUT2D eigenvalue weighted by Gasteiger charge is -2.17. The minimum absolute atomic E-state index is 0.0505. The molecule has 0 radical (unpaired) electrons. The Morgan fingerprint density at radius 2 is 2.03 bits per heavy atom. The number of amides is 1. The van der Waals surface area contributed by atoms with Gasteiger partial charge in [0, 0.05) is 24.7 Å². The number of halogens is 1. The highest BCUT2D eigenvalue weighted by atomic mass is 19.1. The van der Waals surface area contributed by atoms with E-state index >= 15 is 0 Å². The van der Waals surface area contributed by atoms with Crippen LogP contribution in [0.3, 0.4) is 0 Å². The molecule has 1 amide bonds. The third kappa shape index (κ3) is 3.20. The number of carbonyl (C=O) groups excluding carboxylic acids is 1. The number of benzene rings is 2. The van der Waals surface area contributed by atoms with E-state index in [-0.39, 0.29) is 23.5 Å². The van der Waals surface area contributed by atoms with Crippen LogP contribution in [0.15, 0.2) is 57.5 Å². The van der Waals surface area contributed by atoms with Gasteiger partial charge in [-0.1, -0.05) is 41.6 Å². The molecule has 0 saturated carbocycles. The Morgan fingerprint density at radius 3 is 2.83 bits per heavy atom. The zero-order valence-corrected chi connectivity index (χ0v) is 16.3. The lowest BCUT2D eigenvalue weighted by Crippen LogP contribution is -2.32. The Kier molecular flexibility index (Phi) is 4.46. The summed E-state index contributed by atoms with van der Waals surface area (Å²) in [4.78, 5) is 19.3. The smallest absolute Gasteiger partial charge is 0.296 e. The summed E-state index contributed by atoms with van der Waals surface area (Å²) in [5, 5.41) is 7.27. The van der Waals surface area contributed by atoms with Gasteiger partial charge in [0.05, 0.1) is 0 Å². The molecule has 1 aliphatic rings. The molecular weight excluding hydrogens is 387 g/mol. The first-order valence-corrected chi connectivity index (χ1v) is 9.72. The number of likely N-dealkylation sites (tertiary alicyclic amines) is 1. The van der Waals surface area contributed by atoms with Crippen LogP contribution in [0, 0.1) is 12.7 Å². The fourth-order valence-corrected chi connectivity index (χ4v) is 3.79. The third-order valence-corrected chi connectivity index (χ3v) is 5.29. The number of fused-ring (bicyclic) bond motifs is 1. The van der Waals surface area contributed by atoms with Crippen molar-refractivity contribution in [1.29, 1.82) is 0 Å². The lowest BCUT2D eigenvalue weighted by molar-refractivity contribution is 0.0790. The van der Waals surface area contributed by atoms with Gasteiger partial charge in [0.15, 0.2) is 11.4 Å². The molecule has 5 rings (SSSR count). The van der Waals surface area contributed by atoms with Gasteiger partial charge in [-0.25, -0.2) is 4.39 Å². The summed E-state index contributed by atoms with van der Waals surface area (Å²) in [5.41, 5.74) is 2.43. The second-order valence-electron chi connectivity index (χ2n) is 7.32. The van der Waals surface area contributed by atoms with Crippen LogP contribution in [-0.4, -0.2) is 40.1 Å². The van der Waals surface area contributed by atoms with Crippen LogP contribution < -0.4 is 5.32 Å². The number of aromatic nitrogens is 2. The lowest BCUT2D eigenvalue weighted by atomic mass is 10.1. The van der Waals surface area contributed by atoms with Gasteiger partial charge >= 0.3 is 0 Å². The van der Waals surface area contributed by atoms with E-state index in [2.05, 4.69) is 15.5 Å². The average molecular weight is 406 g/mol. The topological polar surface area (TPSA) is 84.4 Å². The Labute approximate surface area is 171 Å². The van der Waals surface area contributed by atoms with Gasteiger partial charge in [-0.05, 0) is 25.5 Å². The van der Waals surface area contributed by atoms with Crippen molar-refractivity contribution in [2.24, 2.45) is 0 Å². The van der Waals surface area contributed by atoms with Gasteiger partial charge in [-0.3, -0.25) is 4.79 Å². The number of anilines is 1. The van der Waals surface area contributed by atoms with Crippen molar-refractivity contribution >= 4 is 23.0 Å². The molecule has 30 heavy (non-hydrogen) atoms. The molecule has 0 unspecified atom stereocenters. The highest BCUT2D eigenvalue weighted by Crippen LogP contribution is 2.28. The van der Waals surface area contributed by atoms with Crippen molar-refractivity contribution in [3.63, 3.8) is 0 Å². The molecule has 1 saturated heterocycles. The van der Waals surface area contributed by atoms with Crippen molar-refractivity contribution in [1.82, 2.24) is 15.0 Å². The average Bonchev–Trinajstić information content (AvgIpc) is 3.47. The van der Waals surface area contributed by atoms with Crippen molar-refractivity contribution in [2.45, 2.75) is 19.4 Å². The molecule has 0 bridgehead atoms. The first-order chi connectivity index (χ1) is 14.6. The van der Waals surface area contributed by atoms with Crippen LogP contribution in [0.5, 0.6) is 0 Å². The predicted molar refractivity (Wildman–Crippen MR) is 109 cm³/mol. The maximum absolute atomic E-state index is 13.8. The van der Waals surface area contributed by atoms with E-state index in [1.165, 1.54) is 6.07 Å². The van der Waals surface area contributed by atoms with Crippen LogP contribution in [-0.2, 0) is 0 Å². The third-order valence-electron chi connectivity index (χ3n) is 5.29. The quantitative estimate of drug-likeness (QED) is 0.545. The van der Waals surface area contributed by atoms with Crippen LogP contribution in [0.4, 0.5) is 10.4 Å². The molecule has 152 valence electrons. The van der Waals surface area contributed by atoms with Crippen molar-refractivity contribution in [3.05, 3.63) is 65.7 Å². The first kappa shape index (κ1) is 18.4. The molecule has 1 aliphatic heterocycles. The second-order valence-corrected chi connectivity index (χ2v) is 7.32. The number of hydrogen-bond donors (Lipinski definition) is 1. The number of nitrogens with zero attached hydrogens (tertiary/aromatic N) is 3. The van der Waals surface area contributed by atoms with Gasteiger partial charge in [-0.2, -0.15) is 4.98 Å². The van der Waals surface area contributed by atoms with E-state index < -0.39 is 5.82 Å². The molecule has 1 fully saturated rings. The number of rotatable bonds is 4. The number of carbonyl (C=O) groups is 1. The summed E-state index contributed by atoms with van der Waals surface area (Å²) >= 11 is 0. The first-order valence-electron chi connectivity index (χ1n) is 9.72. The molecule has 0 aliphatic carbocycles. The summed E-state index contributed by atoms with van der Waals surface area (Å²) in [6.07, 6.45) is 0.720. The molecule has 1 N–H and O–H groups in total. The Hall–Kier alpha value is -3.68. The number of hydrogen-bond acceptors (Lipinski definition) is 6. The van der Waals surface area contributed by atoms with Gasteiger partial charge in [0.2, 0.25) is 0 Å². The maximum atomic E-state index is 13.8. The summed E-state index contributed by atoms with van der Waals surface area (Å²) < 4.78 is 24.6. The number of para-hydroxylation sites is 1. The molecule has 2 aromatic carbocycles. The summed E-state index contributed by atoms with van der Waals surface area (Å²) in [5.74, 6) is -0.0853. The van der Waals surface area contributed by atoms with Crippen LogP contribution >= 0.6 is 0 Å². The summed E-state index contributed by atoms with van der Waals surface area (Å²) in [6, 6.07) is 14.3. The minimum Gasteiger partial charge on any atom is -0.420 e. The highest BCUT2D eigenvalue weighted by molar-refractivity contribution is 6.01. The van der Waals surface area contributed by atoms with E-state index in [0.717, 1.165) is 12.0 Å². The standard InChI is InChI=1S/C22H19FN4O3/c1-13-18(19(26-30-13)14-6-3-2-4-7-14)21(28)27-11-10-15(12-27)24-22-25-17-9-5-8-16(23)20(17)29-22/h2-9,15H,10-12H2,1H3,(H,24,25)/t15-/m1/s1. The largest absolute Gasteiger partial charge is 0.420 e. The van der Waals surface area contributed by atoms with Gasteiger partial charge < -0.3 is 19.2 Å². The number of oxazole rings is 1. The molecule has 4 aromatic rings. The minimum atomic E-state index is -0.451. The van der Waals surface area contributed by atoms with Gasteiger partial charge in [0.1, 0.15) is 22.5 Å². The Bertz CT molecular complexity index is 1220. The molecule has 8 heteroatoms.